The van der Waals surface area contributed by atoms with Crippen LogP contribution in [0.1, 0.15) is 0 Å². The Morgan fingerprint density at radius 2 is 0.944 bits per heavy atom. The molecule has 10 aromatic carbocycles. The third-order valence-electron chi connectivity index (χ3n) is 11.4. The second kappa shape index (κ2) is 11.4. The molecule has 54 heavy (non-hydrogen) atoms. The van der Waals surface area contributed by atoms with Crippen LogP contribution in [-0.4, -0.2) is 0 Å². The number of hydrogen-bond acceptors (Lipinski definition) is 2. The van der Waals surface area contributed by atoms with Crippen LogP contribution < -0.4 is 0 Å². The van der Waals surface area contributed by atoms with Gasteiger partial charge >= 0.3 is 0 Å². The molecule has 2 heterocycles. The highest BCUT2D eigenvalue weighted by Gasteiger charge is 2.18. The third kappa shape index (κ3) is 4.32. The third-order valence-corrected chi connectivity index (χ3v) is 12.6. The number of thiophene rings is 1. The minimum Gasteiger partial charge on any atom is -0.456 e. The lowest BCUT2D eigenvalue weighted by atomic mass is 9.84. The molecule has 12 rings (SSSR count). The average Bonchev–Trinajstić information content (AvgIpc) is 3.79. The van der Waals surface area contributed by atoms with Crippen LogP contribution in [0.2, 0.25) is 0 Å². The molecule has 0 amide bonds. The molecule has 0 aliphatic carbocycles. The molecular weight excluding hydrogens is 673 g/mol. The molecule has 2 heteroatoms. The van der Waals surface area contributed by atoms with Crippen molar-refractivity contribution in [1.29, 1.82) is 0 Å². The van der Waals surface area contributed by atoms with E-state index in [1.165, 1.54) is 107 Å². The zero-order valence-electron chi connectivity index (χ0n) is 29.1. The number of benzene rings is 10. The summed E-state index contributed by atoms with van der Waals surface area (Å²) < 4.78 is 8.90. The fourth-order valence-corrected chi connectivity index (χ4v) is 10.2. The summed E-state index contributed by atoms with van der Waals surface area (Å²) in [6.07, 6.45) is 0. The summed E-state index contributed by atoms with van der Waals surface area (Å²) in [7, 11) is 0. The van der Waals surface area contributed by atoms with E-state index in [9.17, 15) is 0 Å². The predicted octanol–water partition coefficient (Wildman–Crippen LogP) is 15.6. The fourth-order valence-electron chi connectivity index (χ4n) is 9.00. The molecule has 0 unspecified atom stereocenters. The highest BCUT2D eigenvalue weighted by molar-refractivity contribution is 7.26. The Bertz CT molecular complexity index is 3430. The first-order valence-electron chi connectivity index (χ1n) is 18.5. The summed E-state index contributed by atoms with van der Waals surface area (Å²) >= 11 is 1.87. The van der Waals surface area contributed by atoms with Gasteiger partial charge in [0.25, 0.3) is 0 Å². The van der Waals surface area contributed by atoms with Crippen molar-refractivity contribution >= 4 is 96.5 Å². The van der Waals surface area contributed by atoms with Gasteiger partial charge in [-0.05, 0) is 107 Å². The quantitative estimate of drug-likeness (QED) is 0.167. The smallest absolute Gasteiger partial charge is 0.136 e. The zero-order chi connectivity index (χ0) is 35.3. The van der Waals surface area contributed by atoms with Gasteiger partial charge in [0.2, 0.25) is 0 Å². The van der Waals surface area contributed by atoms with E-state index in [2.05, 4.69) is 176 Å². The maximum Gasteiger partial charge on any atom is 0.136 e. The molecule has 0 fully saturated rings. The van der Waals surface area contributed by atoms with Crippen LogP contribution in [0.3, 0.4) is 0 Å². The molecule has 0 radical (unpaired) electrons. The van der Waals surface area contributed by atoms with Crippen LogP contribution in [0, 0.1) is 0 Å². The minimum absolute atomic E-state index is 0.934. The number of rotatable bonds is 3. The van der Waals surface area contributed by atoms with E-state index in [1.54, 1.807) is 0 Å². The number of fused-ring (bicyclic) bond motifs is 11. The van der Waals surface area contributed by atoms with Gasteiger partial charge in [-0.25, -0.2) is 0 Å². The van der Waals surface area contributed by atoms with Crippen molar-refractivity contribution in [1.82, 2.24) is 0 Å². The molecule has 0 bridgehead atoms. The molecule has 12 aromatic rings. The van der Waals surface area contributed by atoms with Crippen LogP contribution in [-0.2, 0) is 0 Å². The van der Waals surface area contributed by atoms with Gasteiger partial charge in [-0.1, -0.05) is 152 Å². The maximum absolute atomic E-state index is 6.31. The summed E-state index contributed by atoms with van der Waals surface area (Å²) in [6.45, 7) is 0. The molecule has 0 N–H and O–H groups in total. The van der Waals surface area contributed by atoms with Gasteiger partial charge in [0.1, 0.15) is 11.2 Å². The summed E-state index contributed by atoms with van der Waals surface area (Å²) in [5, 5.41) is 15.0. The molecule has 0 aliphatic rings. The summed E-state index contributed by atoms with van der Waals surface area (Å²) in [6, 6.07) is 66.8. The van der Waals surface area contributed by atoms with Crippen molar-refractivity contribution in [2.24, 2.45) is 0 Å². The van der Waals surface area contributed by atoms with Crippen molar-refractivity contribution in [2.45, 2.75) is 0 Å². The standard InChI is InChI=1S/C52H30OS/c1-2-12-36-32(10-1)11-9-18-38(36)51-41-16-5-3-14-39(41)50(40-15-4-6-17-42(40)51)33-22-20-31(21-23-33)34-24-26-43-49(29-34)54-48-27-25-35-28-45-37-13-7-8-19-46(37)53-47(45)30-44(35)52(43)48/h1-30H. The normalized spacial score (nSPS) is 12.1. The summed E-state index contributed by atoms with van der Waals surface area (Å²) in [5.74, 6) is 0. The van der Waals surface area contributed by atoms with Crippen LogP contribution in [0.25, 0.3) is 119 Å². The van der Waals surface area contributed by atoms with Gasteiger partial charge in [-0.2, -0.15) is 0 Å². The van der Waals surface area contributed by atoms with E-state index in [-0.39, 0.29) is 0 Å². The molecular formula is C52H30OS. The highest BCUT2D eigenvalue weighted by atomic mass is 32.1. The van der Waals surface area contributed by atoms with Gasteiger partial charge < -0.3 is 4.42 Å². The summed E-state index contributed by atoms with van der Waals surface area (Å²) in [4.78, 5) is 0. The zero-order valence-corrected chi connectivity index (χ0v) is 30.0. The van der Waals surface area contributed by atoms with Gasteiger partial charge in [0.15, 0.2) is 0 Å². The van der Waals surface area contributed by atoms with Crippen molar-refractivity contribution in [3.05, 3.63) is 182 Å². The topological polar surface area (TPSA) is 13.1 Å². The molecule has 0 saturated heterocycles. The Morgan fingerprint density at radius 3 is 1.72 bits per heavy atom. The molecule has 0 aliphatic heterocycles. The van der Waals surface area contributed by atoms with E-state index in [4.69, 9.17) is 4.42 Å². The largest absolute Gasteiger partial charge is 0.456 e. The minimum atomic E-state index is 0.934. The maximum atomic E-state index is 6.31. The second-order valence-corrected chi connectivity index (χ2v) is 15.4. The first kappa shape index (κ1) is 29.8. The number of para-hydroxylation sites is 1. The van der Waals surface area contributed by atoms with Gasteiger partial charge in [0.05, 0.1) is 0 Å². The lowest BCUT2D eigenvalue weighted by molar-refractivity contribution is 0.669. The first-order chi connectivity index (χ1) is 26.8. The molecule has 0 atom stereocenters. The van der Waals surface area contributed by atoms with Crippen LogP contribution in [0.5, 0.6) is 0 Å². The second-order valence-electron chi connectivity index (χ2n) is 14.4. The lowest BCUT2D eigenvalue weighted by Gasteiger charge is -2.19. The van der Waals surface area contributed by atoms with E-state index >= 15 is 0 Å². The van der Waals surface area contributed by atoms with E-state index < -0.39 is 0 Å². The van der Waals surface area contributed by atoms with Crippen molar-refractivity contribution in [3.63, 3.8) is 0 Å². The van der Waals surface area contributed by atoms with Crippen LogP contribution >= 0.6 is 11.3 Å². The number of furan rings is 1. The Balaban J connectivity index is 0.989. The monoisotopic (exact) mass is 702 g/mol. The van der Waals surface area contributed by atoms with E-state index in [0.29, 0.717) is 0 Å². The van der Waals surface area contributed by atoms with Crippen molar-refractivity contribution in [3.8, 4) is 33.4 Å². The Labute approximate surface area is 314 Å². The number of hydrogen-bond donors (Lipinski definition) is 0. The van der Waals surface area contributed by atoms with Gasteiger partial charge in [-0.3, -0.25) is 0 Å². The van der Waals surface area contributed by atoms with E-state index in [0.717, 1.165) is 11.2 Å². The molecule has 2 aromatic heterocycles. The summed E-state index contributed by atoms with van der Waals surface area (Å²) in [5.41, 5.74) is 9.39. The molecule has 1 nitrogen and oxygen atoms in total. The van der Waals surface area contributed by atoms with Gasteiger partial charge in [0, 0.05) is 30.9 Å². The SMILES string of the molecule is c1ccc2c(-c3c4ccccc4c(-c4ccc(-c5ccc6c(c5)sc5ccc7cc8c(cc7c56)oc5ccccc58)cc4)c4ccccc34)cccc2c1. The van der Waals surface area contributed by atoms with Crippen LogP contribution in [0.15, 0.2) is 186 Å². The Hall–Kier alpha value is -6.74. The lowest BCUT2D eigenvalue weighted by Crippen LogP contribution is -1.91. The van der Waals surface area contributed by atoms with Crippen molar-refractivity contribution in [2.75, 3.05) is 0 Å². The first-order valence-corrected chi connectivity index (χ1v) is 19.3. The molecule has 250 valence electrons. The van der Waals surface area contributed by atoms with Crippen molar-refractivity contribution < 1.29 is 4.42 Å². The molecule has 0 spiro atoms. The van der Waals surface area contributed by atoms with Crippen LogP contribution in [0.4, 0.5) is 0 Å². The fraction of sp³-hybridized carbons (Fsp3) is 0. The average molecular weight is 703 g/mol. The Morgan fingerprint density at radius 1 is 0.315 bits per heavy atom. The van der Waals surface area contributed by atoms with E-state index in [1.807, 2.05) is 17.4 Å². The molecule has 0 saturated carbocycles. The Kier molecular flexibility index (Phi) is 6.28. The highest BCUT2D eigenvalue weighted by Crippen LogP contribution is 2.46. The predicted molar refractivity (Wildman–Crippen MR) is 233 cm³/mol. The van der Waals surface area contributed by atoms with Gasteiger partial charge in [-0.15, -0.1) is 11.3 Å².